The maximum absolute atomic E-state index is 13.1. The van der Waals surface area contributed by atoms with Crippen LogP contribution in [0.4, 0.5) is 30.8 Å². The molecule has 2 unspecified atom stereocenters. The summed E-state index contributed by atoms with van der Waals surface area (Å²) in [6, 6.07) is 10.8. The van der Waals surface area contributed by atoms with Gasteiger partial charge in [0.2, 0.25) is 11.9 Å². The van der Waals surface area contributed by atoms with Crippen LogP contribution in [0.5, 0.6) is 6.01 Å². The van der Waals surface area contributed by atoms with Crippen molar-refractivity contribution < 1.29 is 41.8 Å². The fourth-order valence-corrected chi connectivity index (χ4v) is 6.79. The molecule has 1 heterocycles. The zero-order valence-electron chi connectivity index (χ0n) is 30.1. The smallest absolute Gasteiger partial charge is 0.422 e. The summed E-state index contributed by atoms with van der Waals surface area (Å²) in [5, 5.41) is 14.3. The molecule has 18 heteroatoms. The number of hydrogen-bond donors (Lipinski definition) is 5. The summed E-state index contributed by atoms with van der Waals surface area (Å²) >= 11 is 6.03. The van der Waals surface area contributed by atoms with Crippen molar-refractivity contribution >= 4 is 52.9 Å². The Bertz CT molecular complexity index is 1840. The van der Waals surface area contributed by atoms with E-state index in [1.54, 1.807) is 12.1 Å². The van der Waals surface area contributed by atoms with Crippen molar-refractivity contribution in [2.45, 2.75) is 76.7 Å². The lowest BCUT2D eigenvalue weighted by molar-refractivity contribution is -0.154. The summed E-state index contributed by atoms with van der Waals surface area (Å²) in [7, 11) is 1.12. The Morgan fingerprint density at radius 3 is 2.22 bits per heavy atom. The molecule has 3 aromatic rings. The highest BCUT2D eigenvalue weighted by atomic mass is 35.5. The first-order valence-corrected chi connectivity index (χ1v) is 17.6. The average molecular weight is 775 g/mol. The van der Waals surface area contributed by atoms with Gasteiger partial charge in [-0.1, -0.05) is 44.5 Å². The highest BCUT2D eigenvalue weighted by Gasteiger charge is 2.45. The molecule has 2 aromatic carbocycles. The van der Waals surface area contributed by atoms with Crippen LogP contribution in [-0.4, -0.2) is 77.2 Å². The molecule has 0 spiro atoms. The lowest BCUT2D eigenvalue weighted by Crippen LogP contribution is -2.53. The standard InChI is InChI=1S/C36H42ClF3N8O6/c1-20-15-25(17-34(2,3)16-20)42-29(51)28(50)41-18-26(30(52)53-4)44-27(49)21-5-11-24(12-6-21)43-31-45-32(47-33(46-31)54-19-36(38,39)40)48-35(13-14-35)22-7-9-23(37)10-8-22/h5-12,20,25-26H,13-19H2,1-4H3,(H,41,50)(H,42,51)(H,44,49)(H2,43,45,46,47,48)/t20?,25?,26-/m0/s1. The first kappa shape index (κ1) is 40.0. The van der Waals surface area contributed by atoms with Crippen molar-refractivity contribution in [1.29, 1.82) is 0 Å². The van der Waals surface area contributed by atoms with Crippen LogP contribution in [0.25, 0.3) is 0 Å². The lowest BCUT2D eigenvalue weighted by atomic mass is 9.70. The Balaban J connectivity index is 1.22. The van der Waals surface area contributed by atoms with Gasteiger partial charge in [-0.05, 0) is 85.4 Å². The number of nitrogens with one attached hydrogen (secondary N) is 5. The molecular weight excluding hydrogens is 733 g/mol. The predicted octanol–water partition coefficient (Wildman–Crippen LogP) is 5.03. The second kappa shape index (κ2) is 16.4. The molecule has 2 saturated carbocycles. The van der Waals surface area contributed by atoms with Crippen molar-refractivity contribution in [3.8, 4) is 6.01 Å². The molecule has 2 aliphatic carbocycles. The molecule has 2 aliphatic rings. The molecule has 290 valence electrons. The van der Waals surface area contributed by atoms with Crippen LogP contribution in [0.15, 0.2) is 48.5 Å². The van der Waals surface area contributed by atoms with Gasteiger partial charge in [-0.15, -0.1) is 0 Å². The molecular formula is C36H42ClF3N8O6. The largest absolute Gasteiger partial charge is 0.467 e. The van der Waals surface area contributed by atoms with Gasteiger partial charge in [-0.3, -0.25) is 14.4 Å². The van der Waals surface area contributed by atoms with E-state index >= 15 is 0 Å². The zero-order valence-corrected chi connectivity index (χ0v) is 30.9. The van der Waals surface area contributed by atoms with Crippen molar-refractivity contribution in [3.63, 3.8) is 0 Å². The normalized spacial score (nSPS) is 19.0. The minimum Gasteiger partial charge on any atom is -0.467 e. The van der Waals surface area contributed by atoms with E-state index in [2.05, 4.69) is 62.3 Å². The quantitative estimate of drug-likeness (QED) is 0.116. The molecule has 3 atom stereocenters. The maximum atomic E-state index is 13.1. The number of aromatic nitrogens is 3. The number of benzene rings is 2. The van der Waals surface area contributed by atoms with Gasteiger partial charge >= 0.3 is 30.0 Å². The Hall–Kier alpha value is -5.19. The van der Waals surface area contributed by atoms with E-state index in [1.165, 1.54) is 24.3 Å². The second-order valence-corrected chi connectivity index (χ2v) is 14.9. The van der Waals surface area contributed by atoms with E-state index in [0.717, 1.165) is 31.9 Å². The van der Waals surface area contributed by atoms with Crippen LogP contribution in [0.2, 0.25) is 5.02 Å². The number of ether oxygens (including phenoxy) is 2. The van der Waals surface area contributed by atoms with Crippen LogP contribution in [0.1, 0.15) is 68.8 Å². The molecule has 0 saturated heterocycles. The third-order valence-electron chi connectivity index (χ3n) is 9.07. The van der Waals surface area contributed by atoms with Gasteiger partial charge in [0.1, 0.15) is 6.04 Å². The third kappa shape index (κ3) is 11.2. The summed E-state index contributed by atoms with van der Waals surface area (Å²) in [6.45, 7) is 4.29. The average Bonchev–Trinajstić information content (AvgIpc) is 3.88. The van der Waals surface area contributed by atoms with E-state index in [-0.39, 0.29) is 28.9 Å². The Morgan fingerprint density at radius 1 is 0.944 bits per heavy atom. The molecule has 2 fully saturated rings. The van der Waals surface area contributed by atoms with E-state index in [1.807, 2.05) is 12.1 Å². The fourth-order valence-electron chi connectivity index (χ4n) is 6.67. The zero-order chi connectivity index (χ0) is 39.3. The van der Waals surface area contributed by atoms with Crippen LogP contribution >= 0.6 is 11.6 Å². The Labute approximate surface area is 314 Å². The van der Waals surface area contributed by atoms with Crippen LogP contribution in [0, 0.1) is 11.3 Å². The maximum Gasteiger partial charge on any atom is 0.422 e. The molecule has 3 amide bonds. The summed E-state index contributed by atoms with van der Waals surface area (Å²) < 4.78 is 48.5. The summed E-state index contributed by atoms with van der Waals surface area (Å²) in [6.07, 6.45) is -0.730. The summed E-state index contributed by atoms with van der Waals surface area (Å²) in [5.74, 6) is -3.12. The van der Waals surface area contributed by atoms with Gasteiger partial charge in [0, 0.05) is 28.9 Å². The number of esters is 1. The third-order valence-corrected chi connectivity index (χ3v) is 9.32. The van der Waals surface area contributed by atoms with E-state index < -0.39 is 60.6 Å². The molecule has 54 heavy (non-hydrogen) atoms. The van der Waals surface area contributed by atoms with E-state index in [0.29, 0.717) is 29.5 Å². The number of methoxy groups -OCH3 is 1. The van der Waals surface area contributed by atoms with Crippen molar-refractivity contribution in [2.75, 3.05) is 30.9 Å². The Kier molecular flexibility index (Phi) is 12.2. The lowest BCUT2D eigenvalue weighted by Gasteiger charge is -2.39. The number of alkyl halides is 3. The molecule has 0 aliphatic heterocycles. The van der Waals surface area contributed by atoms with Gasteiger partial charge in [-0.25, -0.2) is 4.79 Å². The number of nitrogens with zero attached hydrogens (tertiary/aromatic N) is 3. The van der Waals surface area contributed by atoms with Gasteiger partial charge < -0.3 is 36.1 Å². The summed E-state index contributed by atoms with van der Waals surface area (Å²) in [5.41, 5.74) is 0.818. The second-order valence-electron chi connectivity index (χ2n) is 14.4. The number of hydrogen-bond acceptors (Lipinski definition) is 11. The number of amides is 3. The van der Waals surface area contributed by atoms with Gasteiger partial charge in [0.15, 0.2) is 6.61 Å². The SMILES string of the molecule is COC(=O)[C@H](CNC(=O)C(=O)NC1CC(C)CC(C)(C)C1)NC(=O)c1ccc(Nc2nc(NC3(c4ccc(Cl)cc4)CC3)nc(OCC(F)(F)F)n2)cc1. The predicted molar refractivity (Wildman–Crippen MR) is 192 cm³/mol. The minimum atomic E-state index is -4.64. The molecule has 0 bridgehead atoms. The highest BCUT2D eigenvalue weighted by molar-refractivity contribution is 6.35. The van der Waals surface area contributed by atoms with E-state index in [9.17, 15) is 32.3 Å². The van der Waals surface area contributed by atoms with Crippen LogP contribution in [0.3, 0.4) is 0 Å². The number of anilines is 3. The van der Waals surface area contributed by atoms with Gasteiger partial charge in [0.25, 0.3) is 5.91 Å². The number of rotatable bonds is 13. The van der Waals surface area contributed by atoms with Gasteiger partial charge in [-0.2, -0.15) is 28.1 Å². The minimum absolute atomic E-state index is 0.0188. The Morgan fingerprint density at radius 2 is 1.61 bits per heavy atom. The van der Waals surface area contributed by atoms with Crippen molar-refractivity contribution in [1.82, 2.24) is 30.9 Å². The molecule has 5 N–H and O–H groups in total. The van der Waals surface area contributed by atoms with E-state index in [4.69, 9.17) is 21.1 Å². The molecule has 1 aromatic heterocycles. The van der Waals surface area contributed by atoms with Crippen molar-refractivity contribution in [3.05, 3.63) is 64.7 Å². The monoisotopic (exact) mass is 774 g/mol. The fraction of sp³-hybridized carbons (Fsp3) is 0.472. The molecule has 14 nitrogen and oxygen atoms in total. The molecule has 5 rings (SSSR count). The highest BCUT2D eigenvalue weighted by Crippen LogP contribution is 2.48. The van der Waals surface area contributed by atoms with Gasteiger partial charge in [0.05, 0.1) is 12.6 Å². The van der Waals surface area contributed by atoms with Crippen LogP contribution < -0.4 is 31.3 Å². The van der Waals surface area contributed by atoms with Crippen LogP contribution in [-0.2, 0) is 24.7 Å². The first-order valence-electron chi connectivity index (χ1n) is 17.3. The topological polar surface area (TPSA) is 186 Å². The number of carbonyl (C=O) groups is 4. The first-order chi connectivity index (χ1) is 25.4. The number of carbonyl (C=O) groups excluding carboxylic acids is 4. The molecule has 0 radical (unpaired) electrons. The van der Waals surface area contributed by atoms with Crippen molar-refractivity contribution in [2.24, 2.45) is 11.3 Å². The summed E-state index contributed by atoms with van der Waals surface area (Å²) in [4.78, 5) is 63.2. The number of halogens is 4.